The van der Waals surface area contributed by atoms with Gasteiger partial charge >= 0.3 is 0 Å². The number of piperazine rings is 1. The molecule has 1 fully saturated rings. The van der Waals surface area contributed by atoms with Crippen molar-refractivity contribution in [3.05, 3.63) is 70.4 Å². The average molecular weight is 482 g/mol. The lowest BCUT2D eigenvalue weighted by molar-refractivity contribution is -0.113. The van der Waals surface area contributed by atoms with Gasteiger partial charge in [-0.1, -0.05) is 41.6 Å². The normalized spacial score (nSPS) is 13.8. The predicted molar refractivity (Wildman–Crippen MR) is 138 cm³/mol. The molecule has 2 aromatic carbocycles. The van der Waals surface area contributed by atoms with Gasteiger partial charge in [-0.15, -0.1) is 0 Å². The smallest absolute Gasteiger partial charge is 0.234 e. The third kappa shape index (κ3) is 5.97. The molecule has 6 nitrogen and oxygen atoms in total. The number of halogens is 1. The van der Waals surface area contributed by atoms with Crippen molar-refractivity contribution >= 4 is 46.5 Å². The van der Waals surface area contributed by atoms with Crippen LogP contribution in [0.15, 0.2) is 53.8 Å². The standard InChI is InChI=1S/C25H28ClN5OS/c1-17-5-7-21(20(26)14-17)28-24(32)16-33-25-27-9-8-23(29-25)31-12-10-30(11-13-31)22-15-18(2)4-6-19(22)3/h4-9,14-15H,10-13,16H2,1-3H3,(H,28,32). The summed E-state index contributed by atoms with van der Waals surface area (Å²) in [5.41, 5.74) is 5.56. The fraction of sp³-hybridized carbons (Fsp3) is 0.320. The van der Waals surface area contributed by atoms with E-state index in [-0.39, 0.29) is 11.7 Å². The first-order valence-electron chi connectivity index (χ1n) is 11.0. The van der Waals surface area contributed by atoms with E-state index >= 15 is 0 Å². The minimum Gasteiger partial charge on any atom is -0.368 e. The molecule has 0 radical (unpaired) electrons. The van der Waals surface area contributed by atoms with E-state index in [1.54, 1.807) is 6.20 Å². The molecule has 0 atom stereocenters. The molecule has 1 N–H and O–H groups in total. The van der Waals surface area contributed by atoms with Gasteiger partial charge in [0.25, 0.3) is 0 Å². The fourth-order valence-corrected chi connectivity index (χ4v) is 4.76. The van der Waals surface area contributed by atoms with Gasteiger partial charge in [0.05, 0.1) is 16.5 Å². The van der Waals surface area contributed by atoms with E-state index in [2.05, 4.69) is 57.1 Å². The van der Waals surface area contributed by atoms with Crippen LogP contribution in [0.25, 0.3) is 0 Å². The topological polar surface area (TPSA) is 61.4 Å². The first kappa shape index (κ1) is 23.4. The lowest BCUT2D eigenvalue weighted by Gasteiger charge is -2.37. The van der Waals surface area contributed by atoms with Gasteiger partial charge in [-0.05, 0) is 61.7 Å². The van der Waals surface area contributed by atoms with Gasteiger partial charge < -0.3 is 15.1 Å². The molecule has 1 saturated heterocycles. The van der Waals surface area contributed by atoms with Crippen molar-refractivity contribution in [1.29, 1.82) is 0 Å². The van der Waals surface area contributed by atoms with E-state index in [1.165, 1.54) is 28.6 Å². The zero-order chi connectivity index (χ0) is 23.4. The molecular weight excluding hydrogens is 454 g/mol. The van der Waals surface area contributed by atoms with Crippen LogP contribution in [0.5, 0.6) is 0 Å². The maximum absolute atomic E-state index is 12.4. The van der Waals surface area contributed by atoms with Gasteiger partial charge in [0.15, 0.2) is 5.16 Å². The third-order valence-electron chi connectivity index (χ3n) is 5.66. The molecule has 3 aromatic rings. The van der Waals surface area contributed by atoms with Gasteiger partial charge in [0, 0.05) is 38.1 Å². The number of carbonyl (C=O) groups excluding carboxylic acids is 1. The quantitative estimate of drug-likeness (QED) is 0.390. The zero-order valence-corrected chi connectivity index (χ0v) is 20.7. The van der Waals surface area contributed by atoms with Gasteiger partial charge in [-0.3, -0.25) is 4.79 Å². The molecule has 1 aromatic heterocycles. The zero-order valence-electron chi connectivity index (χ0n) is 19.1. The molecule has 0 aliphatic carbocycles. The Labute approximate surface area is 204 Å². The van der Waals surface area contributed by atoms with Crippen molar-refractivity contribution < 1.29 is 4.79 Å². The minimum atomic E-state index is -0.137. The Morgan fingerprint density at radius 2 is 1.70 bits per heavy atom. The van der Waals surface area contributed by atoms with Crippen LogP contribution >= 0.6 is 23.4 Å². The molecule has 1 aliphatic heterocycles. The summed E-state index contributed by atoms with van der Waals surface area (Å²) in [5, 5.41) is 3.98. The number of nitrogens with zero attached hydrogens (tertiary/aromatic N) is 4. The highest BCUT2D eigenvalue weighted by Crippen LogP contribution is 2.26. The van der Waals surface area contributed by atoms with Crippen LogP contribution in [0.1, 0.15) is 16.7 Å². The monoisotopic (exact) mass is 481 g/mol. The number of aryl methyl sites for hydroxylation is 3. The number of hydrogen-bond donors (Lipinski definition) is 1. The van der Waals surface area contributed by atoms with Crippen LogP contribution in [-0.4, -0.2) is 47.8 Å². The van der Waals surface area contributed by atoms with Gasteiger partial charge in [0.1, 0.15) is 5.82 Å². The molecule has 4 rings (SSSR count). The van der Waals surface area contributed by atoms with Crippen LogP contribution in [0.3, 0.4) is 0 Å². The van der Waals surface area contributed by atoms with Crippen LogP contribution in [-0.2, 0) is 4.79 Å². The van der Waals surface area contributed by atoms with E-state index in [1.807, 2.05) is 31.2 Å². The summed E-state index contributed by atoms with van der Waals surface area (Å²) in [6, 6.07) is 14.1. The summed E-state index contributed by atoms with van der Waals surface area (Å²) in [6.45, 7) is 9.92. The Kier molecular flexibility index (Phi) is 7.40. The molecule has 0 spiro atoms. The van der Waals surface area contributed by atoms with E-state index in [9.17, 15) is 4.79 Å². The van der Waals surface area contributed by atoms with Crippen molar-refractivity contribution in [2.24, 2.45) is 0 Å². The second-order valence-electron chi connectivity index (χ2n) is 8.28. The van der Waals surface area contributed by atoms with Gasteiger partial charge in [-0.2, -0.15) is 0 Å². The van der Waals surface area contributed by atoms with Crippen molar-refractivity contribution in [3.63, 3.8) is 0 Å². The summed E-state index contributed by atoms with van der Waals surface area (Å²) in [5.74, 6) is 0.977. The van der Waals surface area contributed by atoms with Crippen LogP contribution in [0, 0.1) is 20.8 Å². The number of anilines is 3. The van der Waals surface area contributed by atoms with Crippen molar-refractivity contribution in [1.82, 2.24) is 9.97 Å². The number of aromatic nitrogens is 2. The summed E-state index contributed by atoms with van der Waals surface area (Å²) in [4.78, 5) is 26.1. The molecule has 33 heavy (non-hydrogen) atoms. The lowest BCUT2D eigenvalue weighted by atomic mass is 10.1. The summed E-state index contributed by atoms with van der Waals surface area (Å²) >= 11 is 7.53. The van der Waals surface area contributed by atoms with Crippen molar-refractivity contribution in [2.75, 3.05) is 47.0 Å². The number of benzene rings is 2. The second kappa shape index (κ2) is 10.4. The van der Waals surface area contributed by atoms with Crippen molar-refractivity contribution in [3.8, 4) is 0 Å². The second-order valence-corrected chi connectivity index (χ2v) is 9.63. The summed E-state index contributed by atoms with van der Waals surface area (Å²) in [7, 11) is 0. The first-order valence-corrected chi connectivity index (χ1v) is 12.3. The SMILES string of the molecule is Cc1ccc(NC(=O)CSc2nccc(N3CCN(c4cc(C)ccc4C)CC3)n2)c(Cl)c1. The molecule has 2 heterocycles. The Morgan fingerprint density at radius 3 is 2.45 bits per heavy atom. The molecule has 0 saturated carbocycles. The average Bonchev–Trinajstić information content (AvgIpc) is 2.81. The Morgan fingerprint density at radius 1 is 1.00 bits per heavy atom. The van der Waals surface area contributed by atoms with Crippen LogP contribution in [0.2, 0.25) is 5.02 Å². The Bertz CT molecular complexity index is 1150. The van der Waals surface area contributed by atoms with E-state index in [0.717, 1.165) is 37.6 Å². The minimum absolute atomic E-state index is 0.137. The molecular formula is C25H28ClN5OS. The largest absolute Gasteiger partial charge is 0.368 e. The number of carbonyl (C=O) groups is 1. The van der Waals surface area contributed by atoms with Gasteiger partial charge in [0.2, 0.25) is 5.91 Å². The molecule has 8 heteroatoms. The summed E-state index contributed by atoms with van der Waals surface area (Å²) < 4.78 is 0. The third-order valence-corrected chi connectivity index (χ3v) is 6.83. The summed E-state index contributed by atoms with van der Waals surface area (Å²) in [6.07, 6.45) is 1.76. The van der Waals surface area contributed by atoms with E-state index < -0.39 is 0 Å². The molecule has 1 aliphatic rings. The molecule has 1 amide bonds. The first-order chi connectivity index (χ1) is 15.9. The predicted octanol–water partition coefficient (Wildman–Crippen LogP) is 5.11. The van der Waals surface area contributed by atoms with E-state index in [0.29, 0.717) is 15.9 Å². The Balaban J connectivity index is 1.32. The van der Waals surface area contributed by atoms with Crippen LogP contribution in [0.4, 0.5) is 17.2 Å². The maximum atomic E-state index is 12.4. The lowest BCUT2D eigenvalue weighted by Crippen LogP contribution is -2.47. The molecule has 172 valence electrons. The fourth-order valence-electron chi connectivity index (χ4n) is 3.85. The highest BCUT2D eigenvalue weighted by Gasteiger charge is 2.20. The Hall–Kier alpha value is -2.77. The number of thioether (sulfide) groups is 1. The maximum Gasteiger partial charge on any atom is 0.234 e. The highest BCUT2D eigenvalue weighted by molar-refractivity contribution is 7.99. The molecule has 0 unspecified atom stereocenters. The molecule has 0 bridgehead atoms. The van der Waals surface area contributed by atoms with Gasteiger partial charge in [-0.25, -0.2) is 9.97 Å². The van der Waals surface area contributed by atoms with Crippen molar-refractivity contribution in [2.45, 2.75) is 25.9 Å². The highest BCUT2D eigenvalue weighted by atomic mass is 35.5. The number of amides is 1. The number of rotatable bonds is 6. The number of nitrogens with one attached hydrogen (secondary N) is 1. The van der Waals surface area contributed by atoms with Crippen LogP contribution < -0.4 is 15.1 Å². The number of hydrogen-bond acceptors (Lipinski definition) is 6. The van der Waals surface area contributed by atoms with E-state index in [4.69, 9.17) is 11.6 Å².